The molecule has 0 bridgehead atoms. The number of likely N-dealkylation sites (tertiary alicyclic amines) is 1. The average molecular weight is 592 g/mol. The number of urea groups is 1. The largest absolute Gasteiger partial charge is 0.363 e. The number of Topliss-reactive ketones (excluding diaryl/α,β-unsaturated/α-hetero) is 1. The van der Waals surface area contributed by atoms with Crippen LogP contribution in [-0.4, -0.2) is 65.1 Å². The standard InChI is InChI=1S/C33H45N5O5/c1-33(2)23-17-38(27(25(23)33)30(41)36-24(14-18-12-13-18)28(39)29(34)40)31(42)26(21-15-19-8-6-7-9-20(19)16-21)37-32(43)35-22-10-4-3-5-11-22/h6-9,18,21-27H,3-5,10-17H2,1-2H3,(H2,34,40)(H,36,41)(H2,35,37,43)/t23-,24?,25-,26-,27-/m0/s1. The zero-order valence-corrected chi connectivity index (χ0v) is 25.3. The van der Waals surface area contributed by atoms with Crippen LogP contribution in [0.2, 0.25) is 0 Å². The summed E-state index contributed by atoms with van der Waals surface area (Å²) >= 11 is 0. The van der Waals surface area contributed by atoms with Gasteiger partial charge in [-0.1, -0.05) is 70.2 Å². The Hall–Kier alpha value is -3.43. The van der Waals surface area contributed by atoms with Crippen LogP contribution in [0.3, 0.4) is 0 Å². The maximum atomic E-state index is 14.5. The first-order valence-electron chi connectivity index (χ1n) is 16.1. The molecular formula is C33H45N5O5. The number of nitrogens with one attached hydrogen (secondary N) is 3. The Labute approximate surface area is 253 Å². The Morgan fingerprint density at radius 1 is 0.953 bits per heavy atom. The number of hydrogen-bond donors (Lipinski definition) is 4. The van der Waals surface area contributed by atoms with Crippen LogP contribution in [0.25, 0.3) is 0 Å². The van der Waals surface area contributed by atoms with Gasteiger partial charge in [0.05, 0.1) is 6.04 Å². The smallest absolute Gasteiger partial charge is 0.315 e. The fourth-order valence-electron chi connectivity index (χ4n) is 8.16. The molecule has 1 aliphatic heterocycles. The van der Waals surface area contributed by atoms with Crippen molar-refractivity contribution >= 4 is 29.5 Å². The monoisotopic (exact) mass is 591 g/mol. The summed E-state index contributed by atoms with van der Waals surface area (Å²) in [5.41, 5.74) is 7.54. The van der Waals surface area contributed by atoms with Gasteiger partial charge in [0, 0.05) is 12.6 Å². The van der Waals surface area contributed by atoms with Gasteiger partial charge in [0.15, 0.2) is 0 Å². The zero-order chi connectivity index (χ0) is 30.5. The highest BCUT2D eigenvalue weighted by atomic mass is 16.2. The van der Waals surface area contributed by atoms with Gasteiger partial charge < -0.3 is 26.6 Å². The van der Waals surface area contributed by atoms with Gasteiger partial charge in [-0.05, 0) is 72.3 Å². The topological polar surface area (TPSA) is 151 Å². The summed E-state index contributed by atoms with van der Waals surface area (Å²) in [5.74, 6) is -2.35. The van der Waals surface area contributed by atoms with Crippen molar-refractivity contribution in [3.63, 3.8) is 0 Å². The first-order chi connectivity index (χ1) is 20.5. The van der Waals surface area contributed by atoms with Crippen molar-refractivity contribution in [2.24, 2.45) is 34.8 Å². The summed E-state index contributed by atoms with van der Waals surface area (Å²) in [5, 5.41) is 8.97. The number of nitrogens with two attached hydrogens (primary N) is 1. The molecular weight excluding hydrogens is 546 g/mol. The fourth-order valence-corrected chi connectivity index (χ4v) is 8.16. The zero-order valence-electron chi connectivity index (χ0n) is 25.3. The van der Waals surface area contributed by atoms with Crippen LogP contribution in [0.5, 0.6) is 0 Å². The molecule has 5 atom stereocenters. The number of piperidine rings is 1. The molecule has 4 fully saturated rings. The van der Waals surface area contributed by atoms with Gasteiger partial charge in [-0.25, -0.2) is 4.79 Å². The van der Waals surface area contributed by atoms with Gasteiger partial charge in [-0.3, -0.25) is 19.2 Å². The number of hydrogen-bond acceptors (Lipinski definition) is 5. The third-order valence-corrected chi connectivity index (χ3v) is 10.9. The molecule has 5 aliphatic rings. The fraction of sp³-hybridized carbons (Fsp3) is 0.667. The second-order valence-corrected chi connectivity index (χ2v) is 14.2. The molecule has 1 aromatic rings. The minimum Gasteiger partial charge on any atom is -0.363 e. The Morgan fingerprint density at radius 2 is 1.60 bits per heavy atom. The highest BCUT2D eigenvalue weighted by molar-refractivity contribution is 6.37. The number of nitrogens with zero attached hydrogens (tertiary/aromatic N) is 1. The van der Waals surface area contributed by atoms with Crippen molar-refractivity contribution in [2.75, 3.05) is 6.54 Å². The predicted molar refractivity (Wildman–Crippen MR) is 159 cm³/mol. The number of carbonyl (C=O) groups is 5. The Balaban J connectivity index is 1.23. The molecule has 0 radical (unpaired) electrons. The number of primary amides is 1. The molecule has 3 saturated carbocycles. The second-order valence-electron chi connectivity index (χ2n) is 14.2. The summed E-state index contributed by atoms with van der Waals surface area (Å²) < 4.78 is 0. The lowest BCUT2D eigenvalue weighted by Crippen LogP contribution is -2.60. The molecule has 43 heavy (non-hydrogen) atoms. The molecule has 1 saturated heterocycles. The summed E-state index contributed by atoms with van der Waals surface area (Å²) in [6.45, 7) is 4.61. The maximum absolute atomic E-state index is 14.5. The Bertz CT molecular complexity index is 1280. The molecule has 232 valence electrons. The van der Waals surface area contributed by atoms with E-state index in [-0.39, 0.29) is 47.1 Å². The van der Waals surface area contributed by atoms with Crippen LogP contribution in [0.4, 0.5) is 4.79 Å². The summed E-state index contributed by atoms with van der Waals surface area (Å²) in [4.78, 5) is 67.8. The molecule has 5 N–H and O–H groups in total. The highest BCUT2D eigenvalue weighted by Gasteiger charge is 2.69. The number of amides is 5. The molecule has 6 rings (SSSR count). The number of carbonyl (C=O) groups excluding carboxylic acids is 5. The van der Waals surface area contributed by atoms with Crippen molar-refractivity contribution < 1.29 is 24.0 Å². The molecule has 1 heterocycles. The lowest BCUT2D eigenvalue weighted by atomic mass is 9.93. The summed E-state index contributed by atoms with van der Waals surface area (Å²) in [6, 6.07) is 5.28. The van der Waals surface area contributed by atoms with Crippen molar-refractivity contribution in [1.82, 2.24) is 20.9 Å². The van der Waals surface area contributed by atoms with Gasteiger partial charge >= 0.3 is 6.03 Å². The first kappa shape index (κ1) is 29.6. The molecule has 4 aliphatic carbocycles. The molecule has 0 aromatic heterocycles. The van der Waals surface area contributed by atoms with Crippen LogP contribution in [0, 0.1) is 29.1 Å². The van der Waals surface area contributed by atoms with E-state index in [1.807, 2.05) is 12.1 Å². The van der Waals surface area contributed by atoms with Crippen LogP contribution in [0.15, 0.2) is 24.3 Å². The maximum Gasteiger partial charge on any atom is 0.315 e. The van der Waals surface area contributed by atoms with E-state index < -0.39 is 35.7 Å². The predicted octanol–water partition coefficient (Wildman–Crippen LogP) is 2.22. The van der Waals surface area contributed by atoms with Crippen molar-refractivity contribution in [3.05, 3.63) is 35.4 Å². The number of rotatable bonds is 10. The normalized spacial score (nSPS) is 27.4. The van der Waals surface area contributed by atoms with Crippen LogP contribution < -0.4 is 21.7 Å². The third kappa shape index (κ3) is 6.02. The van der Waals surface area contributed by atoms with E-state index in [9.17, 15) is 24.0 Å². The third-order valence-electron chi connectivity index (χ3n) is 10.9. The van der Waals surface area contributed by atoms with E-state index in [1.54, 1.807) is 4.90 Å². The van der Waals surface area contributed by atoms with Gasteiger partial charge in [0.25, 0.3) is 5.91 Å². The first-order valence-corrected chi connectivity index (χ1v) is 16.1. The highest BCUT2D eigenvalue weighted by Crippen LogP contribution is 2.65. The van der Waals surface area contributed by atoms with Crippen LogP contribution in [-0.2, 0) is 32.0 Å². The number of ketones is 1. The lowest BCUT2D eigenvalue weighted by Gasteiger charge is -2.35. The van der Waals surface area contributed by atoms with Gasteiger partial charge in [-0.15, -0.1) is 0 Å². The molecule has 1 unspecified atom stereocenters. The van der Waals surface area contributed by atoms with E-state index in [4.69, 9.17) is 5.73 Å². The van der Waals surface area contributed by atoms with Crippen molar-refractivity contribution in [3.8, 4) is 0 Å². The van der Waals surface area contributed by atoms with Crippen molar-refractivity contribution in [1.29, 1.82) is 0 Å². The van der Waals surface area contributed by atoms with Crippen LogP contribution in [0.1, 0.15) is 76.3 Å². The molecule has 5 amide bonds. The van der Waals surface area contributed by atoms with E-state index in [0.717, 1.165) is 38.5 Å². The molecule has 0 spiro atoms. The minimum absolute atomic E-state index is 0.0702. The number of fused-ring (bicyclic) bond motifs is 2. The van der Waals surface area contributed by atoms with Gasteiger partial charge in [0.2, 0.25) is 17.6 Å². The average Bonchev–Trinajstić information content (AvgIpc) is 3.73. The van der Waals surface area contributed by atoms with E-state index in [1.165, 1.54) is 17.5 Å². The number of benzene rings is 1. The van der Waals surface area contributed by atoms with Crippen LogP contribution >= 0.6 is 0 Å². The second kappa shape index (κ2) is 11.6. The van der Waals surface area contributed by atoms with Gasteiger partial charge in [-0.2, -0.15) is 0 Å². The quantitative estimate of drug-likeness (QED) is 0.308. The lowest BCUT2D eigenvalue weighted by molar-refractivity contribution is -0.144. The molecule has 10 heteroatoms. The van der Waals surface area contributed by atoms with E-state index in [2.05, 4.69) is 41.9 Å². The minimum atomic E-state index is -1.07. The molecule has 10 nitrogen and oxygen atoms in total. The van der Waals surface area contributed by atoms with E-state index >= 15 is 0 Å². The van der Waals surface area contributed by atoms with Crippen molar-refractivity contribution in [2.45, 2.75) is 102 Å². The van der Waals surface area contributed by atoms with Gasteiger partial charge in [0.1, 0.15) is 12.1 Å². The summed E-state index contributed by atoms with van der Waals surface area (Å²) in [6.07, 6.45) is 8.78. The van der Waals surface area contributed by atoms with E-state index in [0.29, 0.717) is 25.8 Å². The summed E-state index contributed by atoms with van der Waals surface area (Å²) in [7, 11) is 0. The molecule has 1 aromatic carbocycles. The SMILES string of the molecule is CC1(C)[C@@H]2[C@@H](C(=O)NC(CC3CC3)C(=O)C(N)=O)N(C(=O)[C@@H](NC(=O)NC3CCCCC3)C3Cc4ccccc4C3)C[C@@H]21. The Kier molecular flexibility index (Phi) is 7.98. The Morgan fingerprint density at radius 3 is 2.21 bits per heavy atom.